The molecule has 0 aliphatic heterocycles. The number of aryl methyl sites for hydroxylation is 3. The molecular formula is C22H35IN4O2. The average molecular weight is 514 g/mol. The van der Waals surface area contributed by atoms with Crippen LogP contribution in [0.5, 0.6) is 5.75 Å². The highest BCUT2D eigenvalue weighted by atomic mass is 127. The van der Waals surface area contributed by atoms with Crippen molar-refractivity contribution in [1.82, 2.24) is 15.8 Å². The van der Waals surface area contributed by atoms with Gasteiger partial charge >= 0.3 is 0 Å². The zero-order valence-corrected chi connectivity index (χ0v) is 21.0. The minimum Gasteiger partial charge on any atom is -0.490 e. The quantitative estimate of drug-likeness (QED) is 0.299. The third kappa shape index (κ3) is 7.21. The number of hydrogen-bond acceptors (Lipinski definition) is 4. The van der Waals surface area contributed by atoms with Crippen molar-refractivity contribution in [2.45, 2.75) is 66.5 Å². The number of rotatable bonds is 8. The first-order valence-corrected chi connectivity index (χ1v) is 9.99. The molecule has 0 bridgehead atoms. The van der Waals surface area contributed by atoms with Crippen LogP contribution in [0.1, 0.15) is 61.3 Å². The molecule has 0 fully saturated rings. The first-order valence-electron chi connectivity index (χ1n) is 9.99. The number of aromatic nitrogens is 1. The Morgan fingerprint density at radius 1 is 1.21 bits per heavy atom. The number of hydrogen-bond donors (Lipinski definition) is 2. The van der Waals surface area contributed by atoms with Crippen LogP contribution in [0.4, 0.5) is 0 Å². The van der Waals surface area contributed by atoms with Gasteiger partial charge in [0, 0.05) is 37.2 Å². The van der Waals surface area contributed by atoms with Gasteiger partial charge in [-0.1, -0.05) is 31.1 Å². The third-order valence-corrected chi connectivity index (χ3v) is 4.95. The second-order valence-corrected chi connectivity index (χ2v) is 7.39. The van der Waals surface area contributed by atoms with Crippen LogP contribution in [0.3, 0.4) is 0 Å². The molecule has 1 aromatic carbocycles. The summed E-state index contributed by atoms with van der Waals surface area (Å²) in [5, 5.41) is 10.8. The minimum atomic E-state index is 0. The van der Waals surface area contributed by atoms with Crippen molar-refractivity contribution in [3.63, 3.8) is 0 Å². The lowest BCUT2D eigenvalue weighted by molar-refractivity contribution is 0.215. The summed E-state index contributed by atoms with van der Waals surface area (Å²) in [6.45, 7) is 13.8. The van der Waals surface area contributed by atoms with Gasteiger partial charge in [-0.2, -0.15) is 0 Å². The van der Waals surface area contributed by atoms with E-state index in [0.717, 1.165) is 47.3 Å². The molecule has 1 aromatic heterocycles. The molecular weight excluding hydrogens is 479 g/mol. The number of nitrogens with one attached hydrogen (secondary N) is 2. The summed E-state index contributed by atoms with van der Waals surface area (Å²) in [5.74, 6) is 2.84. The Labute approximate surface area is 191 Å². The topological polar surface area (TPSA) is 71.7 Å². The van der Waals surface area contributed by atoms with Crippen LogP contribution in [0.15, 0.2) is 27.7 Å². The van der Waals surface area contributed by atoms with Gasteiger partial charge in [0.05, 0.1) is 11.8 Å². The lowest BCUT2D eigenvalue weighted by Gasteiger charge is -2.19. The molecule has 162 valence electrons. The molecule has 0 saturated carbocycles. The van der Waals surface area contributed by atoms with E-state index in [9.17, 15) is 0 Å². The van der Waals surface area contributed by atoms with Gasteiger partial charge < -0.3 is 19.9 Å². The second-order valence-electron chi connectivity index (χ2n) is 7.39. The highest BCUT2D eigenvalue weighted by Crippen LogP contribution is 2.23. The van der Waals surface area contributed by atoms with E-state index in [-0.39, 0.29) is 36.0 Å². The van der Waals surface area contributed by atoms with Gasteiger partial charge in [-0.3, -0.25) is 4.99 Å². The third-order valence-electron chi connectivity index (χ3n) is 4.95. The van der Waals surface area contributed by atoms with Gasteiger partial charge in [-0.15, -0.1) is 24.0 Å². The molecule has 2 atom stereocenters. The van der Waals surface area contributed by atoms with Crippen LogP contribution in [-0.4, -0.2) is 30.8 Å². The SMILES string of the molecule is CCC(C)Oc1cc(C)ccc1CNC(=NC)NCC(C)c1c(C)noc1C.I. The van der Waals surface area contributed by atoms with E-state index in [1.54, 1.807) is 7.05 Å². The molecule has 1 heterocycles. The van der Waals surface area contributed by atoms with Crippen molar-refractivity contribution < 1.29 is 9.26 Å². The van der Waals surface area contributed by atoms with Gasteiger partial charge in [-0.25, -0.2) is 0 Å². The Hall–Kier alpha value is -1.77. The predicted octanol–water partition coefficient (Wildman–Crippen LogP) is 4.86. The van der Waals surface area contributed by atoms with E-state index in [4.69, 9.17) is 9.26 Å². The largest absolute Gasteiger partial charge is 0.490 e. The molecule has 7 heteroatoms. The number of benzene rings is 1. The molecule has 0 aliphatic carbocycles. The van der Waals surface area contributed by atoms with Gasteiger partial charge in [0.15, 0.2) is 5.96 Å². The van der Waals surface area contributed by atoms with E-state index in [1.807, 2.05) is 13.8 Å². The van der Waals surface area contributed by atoms with Crippen LogP contribution in [-0.2, 0) is 6.54 Å². The highest BCUT2D eigenvalue weighted by Gasteiger charge is 2.17. The molecule has 0 spiro atoms. The van der Waals surface area contributed by atoms with Crippen molar-refractivity contribution >= 4 is 29.9 Å². The summed E-state index contributed by atoms with van der Waals surface area (Å²) < 4.78 is 11.4. The Kier molecular flexibility index (Phi) is 10.5. The molecule has 0 radical (unpaired) electrons. The number of aliphatic imine (C=N–C) groups is 1. The summed E-state index contributed by atoms with van der Waals surface area (Å²) in [6.07, 6.45) is 1.16. The summed E-state index contributed by atoms with van der Waals surface area (Å²) in [4.78, 5) is 4.34. The molecule has 0 aliphatic rings. The molecule has 2 unspecified atom stereocenters. The number of nitrogens with zero attached hydrogens (tertiary/aromatic N) is 2. The van der Waals surface area contributed by atoms with Crippen molar-refractivity contribution in [2.75, 3.05) is 13.6 Å². The van der Waals surface area contributed by atoms with Crippen molar-refractivity contribution in [2.24, 2.45) is 4.99 Å². The Bertz CT molecular complexity index is 785. The van der Waals surface area contributed by atoms with Gasteiger partial charge in [0.1, 0.15) is 11.5 Å². The van der Waals surface area contributed by atoms with Crippen LogP contribution >= 0.6 is 24.0 Å². The zero-order valence-electron chi connectivity index (χ0n) is 18.6. The normalized spacial score (nSPS) is 13.4. The Morgan fingerprint density at radius 3 is 2.52 bits per heavy atom. The van der Waals surface area contributed by atoms with Crippen molar-refractivity contribution in [3.8, 4) is 5.75 Å². The molecule has 2 aromatic rings. The first kappa shape index (κ1) is 25.3. The van der Waals surface area contributed by atoms with Gasteiger partial charge in [0.2, 0.25) is 0 Å². The second kappa shape index (κ2) is 12.0. The van der Waals surface area contributed by atoms with Crippen LogP contribution in [0.2, 0.25) is 0 Å². The standard InChI is InChI=1S/C22H34N4O2.HI/c1-8-16(4)27-20-11-14(2)9-10-19(20)13-25-22(23-7)24-12-15(3)21-17(5)26-28-18(21)6;/h9-11,15-16H,8,12-13H2,1-7H3,(H2,23,24,25);1H. The molecule has 0 amide bonds. The van der Waals surface area contributed by atoms with Crippen LogP contribution in [0, 0.1) is 20.8 Å². The molecule has 0 saturated heterocycles. The summed E-state index contributed by atoms with van der Waals surface area (Å²) >= 11 is 0. The summed E-state index contributed by atoms with van der Waals surface area (Å²) in [7, 11) is 1.78. The Morgan fingerprint density at radius 2 is 1.93 bits per heavy atom. The minimum absolute atomic E-state index is 0. The molecule has 29 heavy (non-hydrogen) atoms. The number of halogens is 1. The maximum absolute atomic E-state index is 6.10. The monoisotopic (exact) mass is 514 g/mol. The summed E-state index contributed by atoms with van der Waals surface area (Å²) in [6, 6.07) is 6.31. The molecule has 6 nitrogen and oxygen atoms in total. The van der Waals surface area contributed by atoms with Gasteiger partial charge in [0.25, 0.3) is 0 Å². The Balaban J connectivity index is 0.00000420. The average Bonchev–Trinajstić information content (AvgIpc) is 3.01. The van der Waals surface area contributed by atoms with Crippen molar-refractivity contribution in [1.29, 1.82) is 0 Å². The van der Waals surface area contributed by atoms with Gasteiger partial charge in [-0.05, 0) is 45.7 Å². The fraction of sp³-hybridized carbons (Fsp3) is 0.545. The van der Waals surface area contributed by atoms with Crippen LogP contribution < -0.4 is 15.4 Å². The van der Waals surface area contributed by atoms with E-state index in [2.05, 4.69) is 66.7 Å². The maximum atomic E-state index is 6.10. The zero-order chi connectivity index (χ0) is 20.7. The number of guanidine groups is 1. The fourth-order valence-electron chi connectivity index (χ4n) is 3.16. The van der Waals surface area contributed by atoms with E-state index in [0.29, 0.717) is 6.54 Å². The maximum Gasteiger partial charge on any atom is 0.191 e. The molecule has 2 rings (SSSR count). The van der Waals surface area contributed by atoms with E-state index < -0.39 is 0 Å². The van der Waals surface area contributed by atoms with E-state index in [1.165, 1.54) is 5.56 Å². The lowest BCUT2D eigenvalue weighted by atomic mass is 10.00. The highest BCUT2D eigenvalue weighted by molar-refractivity contribution is 14.0. The molecule has 2 N–H and O–H groups in total. The smallest absolute Gasteiger partial charge is 0.191 e. The first-order chi connectivity index (χ1) is 13.3. The number of ether oxygens (including phenoxy) is 1. The van der Waals surface area contributed by atoms with Crippen molar-refractivity contribution in [3.05, 3.63) is 46.3 Å². The van der Waals surface area contributed by atoms with E-state index >= 15 is 0 Å². The predicted molar refractivity (Wildman–Crippen MR) is 130 cm³/mol. The summed E-state index contributed by atoms with van der Waals surface area (Å²) in [5.41, 5.74) is 4.41. The van der Waals surface area contributed by atoms with Crippen LogP contribution in [0.25, 0.3) is 0 Å². The fourth-order valence-corrected chi connectivity index (χ4v) is 3.16. The lowest BCUT2D eigenvalue weighted by Crippen LogP contribution is -2.38.